The van der Waals surface area contributed by atoms with Gasteiger partial charge in [-0.25, -0.2) is 0 Å². The summed E-state index contributed by atoms with van der Waals surface area (Å²) in [6.45, 7) is 0. The van der Waals surface area contributed by atoms with Gasteiger partial charge in [-0.1, -0.05) is 23.7 Å². The first-order valence-electron chi connectivity index (χ1n) is 6.05. The van der Waals surface area contributed by atoms with Gasteiger partial charge < -0.3 is 10.6 Å². The second-order valence-electron chi connectivity index (χ2n) is 4.17. The predicted octanol–water partition coefficient (Wildman–Crippen LogP) is 3.54. The number of nitro benzene ring substituents is 1. The highest BCUT2D eigenvalue weighted by atomic mass is 35.5. The van der Waals surface area contributed by atoms with Gasteiger partial charge in [0.1, 0.15) is 5.02 Å². The lowest BCUT2D eigenvalue weighted by Crippen LogP contribution is -2.14. The lowest BCUT2D eigenvalue weighted by molar-refractivity contribution is -0.384. The number of amides is 1. The number of hydrogen-bond acceptors (Lipinski definition) is 4. The summed E-state index contributed by atoms with van der Waals surface area (Å²) < 4.78 is 0. The van der Waals surface area contributed by atoms with E-state index in [1.165, 1.54) is 18.2 Å². The van der Waals surface area contributed by atoms with Crippen molar-refractivity contribution >= 4 is 34.6 Å². The highest BCUT2D eigenvalue weighted by Gasteiger charge is 2.15. The van der Waals surface area contributed by atoms with Crippen LogP contribution in [0.15, 0.2) is 42.5 Å². The molecule has 2 aromatic rings. The molecule has 0 radical (unpaired) electrons. The molecule has 0 aromatic heterocycles. The third kappa shape index (κ3) is 3.29. The van der Waals surface area contributed by atoms with Gasteiger partial charge in [0.2, 0.25) is 0 Å². The number of carbonyl (C=O) groups is 1. The fourth-order valence-corrected chi connectivity index (χ4v) is 2.01. The summed E-state index contributed by atoms with van der Waals surface area (Å²) in [5, 5.41) is 16.4. The summed E-state index contributed by atoms with van der Waals surface area (Å²) in [6.07, 6.45) is 0. The molecule has 6 nitrogen and oxygen atoms in total. The van der Waals surface area contributed by atoms with E-state index in [9.17, 15) is 14.9 Å². The highest BCUT2D eigenvalue weighted by Crippen LogP contribution is 2.28. The van der Waals surface area contributed by atoms with Crippen LogP contribution in [0, 0.1) is 10.1 Å². The van der Waals surface area contributed by atoms with E-state index in [0.717, 1.165) is 0 Å². The Labute approximate surface area is 125 Å². The molecule has 0 fully saturated rings. The van der Waals surface area contributed by atoms with Crippen LogP contribution in [0.3, 0.4) is 0 Å². The van der Waals surface area contributed by atoms with E-state index in [1.54, 1.807) is 31.3 Å². The minimum Gasteiger partial charge on any atom is -0.387 e. The molecule has 0 saturated heterocycles. The summed E-state index contributed by atoms with van der Waals surface area (Å²) in [6, 6.07) is 11.1. The van der Waals surface area contributed by atoms with Crippen molar-refractivity contribution in [1.82, 2.24) is 0 Å². The first kappa shape index (κ1) is 14.8. The number of para-hydroxylation sites is 1. The highest BCUT2D eigenvalue weighted by molar-refractivity contribution is 6.32. The van der Waals surface area contributed by atoms with Gasteiger partial charge in [-0.05, 0) is 24.3 Å². The van der Waals surface area contributed by atoms with Gasteiger partial charge in [0.05, 0.1) is 10.5 Å². The minimum absolute atomic E-state index is 0.0219. The molecule has 2 N–H and O–H groups in total. The number of nitrogens with zero attached hydrogens (tertiary/aromatic N) is 1. The smallest absolute Gasteiger partial charge is 0.289 e. The van der Waals surface area contributed by atoms with Gasteiger partial charge in [0.15, 0.2) is 0 Å². The monoisotopic (exact) mass is 305 g/mol. The Morgan fingerprint density at radius 3 is 2.62 bits per heavy atom. The van der Waals surface area contributed by atoms with E-state index in [1.807, 2.05) is 0 Å². The second-order valence-corrected chi connectivity index (χ2v) is 4.58. The van der Waals surface area contributed by atoms with Crippen molar-refractivity contribution in [3.8, 4) is 0 Å². The van der Waals surface area contributed by atoms with Crippen LogP contribution in [0.1, 0.15) is 10.4 Å². The van der Waals surface area contributed by atoms with Crippen molar-refractivity contribution in [2.24, 2.45) is 0 Å². The summed E-state index contributed by atoms with van der Waals surface area (Å²) in [7, 11) is 1.71. The number of anilines is 2. The van der Waals surface area contributed by atoms with Crippen LogP contribution < -0.4 is 10.6 Å². The number of benzene rings is 2. The average Bonchev–Trinajstić information content (AvgIpc) is 2.48. The predicted molar refractivity (Wildman–Crippen MR) is 82.0 cm³/mol. The lowest BCUT2D eigenvalue weighted by atomic mass is 10.1. The number of nitrogens with one attached hydrogen (secondary N) is 2. The standard InChI is InChI=1S/C14H12ClN3O3/c1-16-12-5-3-2-4-10(12)14(19)17-9-6-7-11(15)13(8-9)18(20)21/h2-8,16H,1H3,(H,17,19). The average molecular weight is 306 g/mol. The summed E-state index contributed by atoms with van der Waals surface area (Å²) in [4.78, 5) is 22.4. The number of carbonyl (C=O) groups excluding carboxylic acids is 1. The summed E-state index contributed by atoms with van der Waals surface area (Å²) in [5.74, 6) is -0.364. The molecule has 0 aliphatic heterocycles. The Morgan fingerprint density at radius 2 is 1.95 bits per heavy atom. The Morgan fingerprint density at radius 1 is 1.24 bits per heavy atom. The zero-order valence-electron chi connectivity index (χ0n) is 11.1. The van der Waals surface area contributed by atoms with E-state index in [-0.39, 0.29) is 16.6 Å². The number of rotatable bonds is 4. The van der Waals surface area contributed by atoms with Gasteiger partial charge in [-0.15, -0.1) is 0 Å². The van der Waals surface area contributed by atoms with Crippen LogP contribution in [-0.4, -0.2) is 17.9 Å². The van der Waals surface area contributed by atoms with Gasteiger partial charge in [0, 0.05) is 24.5 Å². The van der Waals surface area contributed by atoms with Crippen LogP contribution in [0.5, 0.6) is 0 Å². The maximum Gasteiger partial charge on any atom is 0.289 e. The molecular weight excluding hydrogens is 294 g/mol. The minimum atomic E-state index is -0.598. The number of halogens is 1. The van der Waals surface area contributed by atoms with Crippen molar-refractivity contribution in [3.63, 3.8) is 0 Å². The molecule has 108 valence electrons. The molecule has 2 aromatic carbocycles. The van der Waals surface area contributed by atoms with Crippen LogP contribution in [-0.2, 0) is 0 Å². The fraction of sp³-hybridized carbons (Fsp3) is 0.0714. The van der Waals surface area contributed by atoms with Crippen LogP contribution in [0.2, 0.25) is 5.02 Å². The Kier molecular flexibility index (Phi) is 4.39. The Bertz CT molecular complexity index is 704. The van der Waals surface area contributed by atoms with Crippen molar-refractivity contribution in [2.45, 2.75) is 0 Å². The SMILES string of the molecule is CNc1ccccc1C(=O)Nc1ccc(Cl)c([N+](=O)[O-])c1. The largest absolute Gasteiger partial charge is 0.387 e. The van der Waals surface area contributed by atoms with Crippen molar-refractivity contribution < 1.29 is 9.72 Å². The first-order chi connectivity index (χ1) is 10.0. The number of hydrogen-bond donors (Lipinski definition) is 2. The van der Waals surface area contributed by atoms with Crippen LogP contribution >= 0.6 is 11.6 Å². The molecule has 2 rings (SSSR count). The molecular formula is C14H12ClN3O3. The molecule has 21 heavy (non-hydrogen) atoms. The molecule has 1 amide bonds. The molecule has 0 bridgehead atoms. The van der Waals surface area contributed by atoms with E-state index in [2.05, 4.69) is 10.6 Å². The van der Waals surface area contributed by atoms with Crippen LogP contribution in [0.4, 0.5) is 17.1 Å². The van der Waals surface area contributed by atoms with Crippen molar-refractivity contribution in [2.75, 3.05) is 17.7 Å². The van der Waals surface area contributed by atoms with E-state index in [4.69, 9.17) is 11.6 Å². The summed E-state index contributed by atoms with van der Waals surface area (Å²) in [5.41, 5.74) is 1.16. The Hall–Kier alpha value is -2.60. The lowest BCUT2D eigenvalue weighted by Gasteiger charge is -2.09. The van der Waals surface area contributed by atoms with Gasteiger partial charge in [-0.2, -0.15) is 0 Å². The molecule has 0 spiro atoms. The maximum absolute atomic E-state index is 12.2. The topological polar surface area (TPSA) is 84.3 Å². The van der Waals surface area contributed by atoms with Crippen molar-refractivity contribution in [1.29, 1.82) is 0 Å². The molecule has 0 saturated carbocycles. The second kappa shape index (κ2) is 6.23. The van der Waals surface area contributed by atoms with Crippen LogP contribution in [0.25, 0.3) is 0 Å². The molecule has 0 aliphatic rings. The third-order valence-electron chi connectivity index (χ3n) is 2.84. The summed E-state index contributed by atoms with van der Waals surface area (Å²) >= 11 is 5.73. The molecule has 7 heteroatoms. The molecule has 0 unspecified atom stereocenters. The zero-order valence-corrected chi connectivity index (χ0v) is 11.8. The van der Waals surface area contributed by atoms with E-state index >= 15 is 0 Å². The van der Waals surface area contributed by atoms with Gasteiger partial charge in [0.25, 0.3) is 11.6 Å². The van der Waals surface area contributed by atoms with E-state index in [0.29, 0.717) is 16.9 Å². The van der Waals surface area contributed by atoms with Gasteiger partial charge >= 0.3 is 0 Å². The zero-order chi connectivity index (χ0) is 15.4. The quantitative estimate of drug-likeness (QED) is 0.668. The molecule has 0 heterocycles. The maximum atomic E-state index is 12.2. The fourth-order valence-electron chi connectivity index (χ4n) is 1.83. The molecule has 0 atom stereocenters. The molecule has 0 aliphatic carbocycles. The number of nitro groups is 1. The Balaban J connectivity index is 2.28. The third-order valence-corrected chi connectivity index (χ3v) is 3.16. The van der Waals surface area contributed by atoms with Crippen molar-refractivity contribution in [3.05, 3.63) is 63.2 Å². The first-order valence-corrected chi connectivity index (χ1v) is 6.43. The van der Waals surface area contributed by atoms with E-state index < -0.39 is 4.92 Å². The van der Waals surface area contributed by atoms with Gasteiger partial charge in [-0.3, -0.25) is 14.9 Å². The normalized spacial score (nSPS) is 10.0.